The van der Waals surface area contributed by atoms with Crippen molar-refractivity contribution in [1.82, 2.24) is 14.7 Å². The number of carboxylic acid groups (broad SMARTS) is 1. The molecule has 2 aliphatic heterocycles. The van der Waals surface area contributed by atoms with Crippen molar-refractivity contribution in [2.45, 2.75) is 12.8 Å². The summed E-state index contributed by atoms with van der Waals surface area (Å²) in [7, 11) is 0. The molecule has 0 aromatic rings. The molecule has 0 radical (unpaired) electrons. The molecule has 2 fully saturated rings. The molecule has 0 spiro atoms. The van der Waals surface area contributed by atoms with E-state index in [0.29, 0.717) is 26.2 Å². The van der Waals surface area contributed by atoms with Crippen LogP contribution in [0.4, 0.5) is 9.59 Å². The average molecular weight is 227 g/mol. The number of urea groups is 1. The van der Waals surface area contributed by atoms with Crippen molar-refractivity contribution in [3.8, 4) is 0 Å². The molecule has 6 nitrogen and oxygen atoms in total. The van der Waals surface area contributed by atoms with Crippen LogP contribution < -0.4 is 0 Å². The molecule has 0 saturated carbocycles. The Morgan fingerprint density at radius 1 is 0.750 bits per heavy atom. The fourth-order valence-electron chi connectivity index (χ4n) is 2.20. The van der Waals surface area contributed by atoms with Crippen LogP contribution in [0.2, 0.25) is 0 Å². The zero-order valence-corrected chi connectivity index (χ0v) is 9.26. The van der Waals surface area contributed by atoms with Gasteiger partial charge in [0.1, 0.15) is 0 Å². The Labute approximate surface area is 94.4 Å². The number of carbonyl (C=O) groups excluding carboxylic acids is 1. The van der Waals surface area contributed by atoms with E-state index < -0.39 is 6.09 Å². The number of likely N-dealkylation sites (tertiary alicyclic amines) is 1. The molecule has 6 heteroatoms. The molecular formula is C10H17N3O3. The van der Waals surface area contributed by atoms with E-state index in [-0.39, 0.29) is 6.03 Å². The van der Waals surface area contributed by atoms with Crippen LogP contribution in [0.5, 0.6) is 0 Å². The summed E-state index contributed by atoms with van der Waals surface area (Å²) in [5.41, 5.74) is 0. The molecule has 0 bridgehead atoms. The number of rotatable bonds is 0. The molecule has 0 aromatic heterocycles. The summed E-state index contributed by atoms with van der Waals surface area (Å²) < 4.78 is 0. The first-order valence-electron chi connectivity index (χ1n) is 5.70. The van der Waals surface area contributed by atoms with Crippen LogP contribution in [0.15, 0.2) is 0 Å². The zero-order chi connectivity index (χ0) is 11.5. The molecule has 0 atom stereocenters. The highest BCUT2D eigenvalue weighted by atomic mass is 16.4. The third kappa shape index (κ3) is 2.20. The Morgan fingerprint density at radius 2 is 1.19 bits per heavy atom. The maximum atomic E-state index is 12.0. The average Bonchev–Trinajstić information content (AvgIpc) is 2.81. The number of piperazine rings is 1. The highest BCUT2D eigenvalue weighted by molar-refractivity contribution is 5.75. The predicted octanol–water partition coefficient (Wildman–Crippen LogP) is 0.498. The van der Waals surface area contributed by atoms with E-state index in [0.717, 1.165) is 25.9 Å². The van der Waals surface area contributed by atoms with Gasteiger partial charge in [-0.05, 0) is 12.8 Å². The number of nitrogens with zero attached hydrogens (tertiary/aromatic N) is 3. The fourth-order valence-corrected chi connectivity index (χ4v) is 2.20. The maximum Gasteiger partial charge on any atom is 0.407 e. The first-order chi connectivity index (χ1) is 7.68. The summed E-state index contributed by atoms with van der Waals surface area (Å²) in [6, 6.07) is 0.0718. The Kier molecular flexibility index (Phi) is 3.17. The lowest BCUT2D eigenvalue weighted by atomic mass is 10.3. The molecule has 16 heavy (non-hydrogen) atoms. The van der Waals surface area contributed by atoms with Gasteiger partial charge in [-0.1, -0.05) is 0 Å². The minimum absolute atomic E-state index is 0.0718. The van der Waals surface area contributed by atoms with E-state index in [1.54, 1.807) is 4.90 Å². The summed E-state index contributed by atoms with van der Waals surface area (Å²) in [4.78, 5) is 27.6. The molecule has 0 aliphatic carbocycles. The van der Waals surface area contributed by atoms with Crippen molar-refractivity contribution in [1.29, 1.82) is 0 Å². The lowest BCUT2D eigenvalue weighted by Gasteiger charge is -2.35. The van der Waals surface area contributed by atoms with Crippen LogP contribution in [0.1, 0.15) is 12.8 Å². The van der Waals surface area contributed by atoms with E-state index in [4.69, 9.17) is 5.11 Å². The molecule has 2 saturated heterocycles. The van der Waals surface area contributed by atoms with Gasteiger partial charge in [0, 0.05) is 39.3 Å². The van der Waals surface area contributed by atoms with Gasteiger partial charge in [-0.25, -0.2) is 9.59 Å². The van der Waals surface area contributed by atoms with Crippen molar-refractivity contribution >= 4 is 12.1 Å². The predicted molar refractivity (Wildman–Crippen MR) is 57.4 cm³/mol. The van der Waals surface area contributed by atoms with Gasteiger partial charge in [0.05, 0.1) is 0 Å². The Balaban J connectivity index is 1.84. The van der Waals surface area contributed by atoms with Gasteiger partial charge >= 0.3 is 12.1 Å². The van der Waals surface area contributed by atoms with Gasteiger partial charge in [-0.15, -0.1) is 0 Å². The highest BCUT2D eigenvalue weighted by Crippen LogP contribution is 2.12. The molecule has 90 valence electrons. The first kappa shape index (κ1) is 11.0. The van der Waals surface area contributed by atoms with E-state index in [1.165, 1.54) is 4.90 Å². The largest absolute Gasteiger partial charge is 0.465 e. The quantitative estimate of drug-likeness (QED) is 0.655. The van der Waals surface area contributed by atoms with Gasteiger partial charge in [0.25, 0.3) is 0 Å². The van der Waals surface area contributed by atoms with Crippen molar-refractivity contribution in [2.24, 2.45) is 0 Å². The van der Waals surface area contributed by atoms with Crippen molar-refractivity contribution < 1.29 is 14.7 Å². The van der Waals surface area contributed by atoms with Gasteiger partial charge in [0.2, 0.25) is 0 Å². The van der Waals surface area contributed by atoms with E-state index in [9.17, 15) is 9.59 Å². The minimum Gasteiger partial charge on any atom is -0.465 e. The van der Waals surface area contributed by atoms with Crippen LogP contribution in [0.25, 0.3) is 0 Å². The Bertz CT molecular complexity index is 281. The van der Waals surface area contributed by atoms with E-state index >= 15 is 0 Å². The van der Waals surface area contributed by atoms with Crippen LogP contribution in [0.3, 0.4) is 0 Å². The van der Waals surface area contributed by atoms with Crippen molar-refractivity contribution in [2.75, 3.05) is 39.3 Å². The van der Waals surface area contributed by atoms with Crippen molar-refractivity contribution in [3.63, 3.8) is 0 Å². The second-order valence-electron chi connectivity index (χ2n) is 4.23. The minimum atomic E-state index is -0.895. The van der Waals surface area contributed by atoms with Gasteiger partial charge in [0.15, 0.2) is 0 Å². The Hall–Kier alpha value is -1.46. The number of hydrogen-bond donors (Lipinski definition) is 1. The van der Waals surface area contributed by atoms with Crippen LogP contribution in [-0.4, -0.2) is 71.2 Å². The normalized spacial score (nSPS) is 21.4. The standard InChI is InChI=1S/C10H17N3O3/c14-9(11-3-1-2-4-11)12-5-7-13(8-6-12)10(15)16/h1-8H2,(H,15,16). The molecule has 1 N–H and O–H groups in total. The lowest BCUT2D eigenvalue weighted by Crippen LogP contribution is -2.53. The molecule has 0 unspecified atom stereocenters. The molecule has 3 amide bonds. The van der Waals surface area contributed by atoms with Gasteiger partial charge in [-0.2, -0.15) is 0 Å². The smallest absolute Gasteiger partial charge is 0.407 e. The van der Waals surface area contributed by atoms with Crippen molar-refractivity contribution in [3.05, 3.63) is 0 Å². The second-order valence-corrected chi connectivity index (χ2v) is 4.23. The molecular weight excluding hydrogens is 210 g/mol. The molecule has 2 rings (SSSR count). The Morgan fingerprint density at radius 3 is 1.69 bits per heavy atom. The fraction of sp³-hybridized carbons (Fsp3) is 0.800. The monoisotopic (exact) mass is 227 g/mol. The highest BCUT2D eigenvalue weighted by Gasteiger charge is 2.27. The zero-order valence-electron chi connectivity index (χ0n) is 9.26. The molecule has 2 aliphatic rings. The first-order valence-corrected chi connectivity index (χ1v) is 5.70. The molecule has 2 heterocycles. The summed E-state index contributed by atoms with van der Waals surface area (Å²) in [6.07, 6.45) is 1.27. The summed E-state index contributed by atoms with van der Waals surface area (Å²) in [5.74, 6) is 0. The topological polar surface area (TPSA) is 64.1 Å². The number of carbonyl (C=O) groups is 2. The maximum absolute atomic E-state index is 12.0. The third-order valence-corrected chi connectivity index (χ3v) is 3.20. The number of hydrogen-bond acceptors (Lipinski definition) is 2. The number of amides is 3. The third-order valence-electron chi connectivity index (χ3n) is 3.20. The van der Waals surface area contributed by atoms with E-state index in [2.05, 4.69) is 0 Å². The van der Waals surface area contributed by atoms with Crippen LogP contribution in [-0.2, 0) is 0 Å². The summed E-state index contributed by atoms with van der Waals surface area (Å²) >= 11 is 0. The van der Waals surface area contributed by atoms with Gasteiger partial charge < -0.3 is 19.8 Å². The van der Waals surface area contributed by atoms with E-state index in [1.807, 2.05) is 4.90 Å². The lowest BCUT2D eigenvalue weighted by molar-refractivity contribution is 0.102. The summed E-state index contributed by atoms with van der Waals surface area (Å²) in [5, 5.41) is 8.79. The summed E-state index contributed by atoms with van der Waals surface area (Å²) in [6.45, 7) is 3.57. The SMILES string of the molecule is O=C(O)N1CCN(C(=O)N2CCCC2)CC1. The van der Waals surface area contributed by atoms with Crippen LogP contribution in [0, 0.1) is 0 Å². The van der Waals surface area contributed by atoms with Crippen LogP contribution >= 0.6 is 0 Å². The second kappa shape index (κ2) is 4.59. The molecule has 0 aromatic carbocycles. The van der Waals surface area contributed by atoms with Gasteiger partial charge in [-0.3, -0.25) is 0 Å².